The van der Waals surface area contributed by atoms with Gasteiger partial charge in [0, 0.05) is 12.0 Å². The minimum Gasteiger partial charge on any atom is -0.298 e. The number of carbonyl (C=O) groups excluding carboxylic acids is 1. The van der Waals surface area contributed by atoms with E-state index in [1.165, 1.54) is 12.8 Å². The highest BCUT2D eigenvalue weighted by atomic mass is 16.1. The number of nitrogens with zero attached hydrogens (tertiary/aromatic N) is 1. The second-order valence-corrected chi connectivity index (χ2v) is 4.29. The normalized spacial score (nSPS) is 19.5. The van der Waals surface area contributed by atoms with E-state index in [-0.39, 0.29) is 12.0 Å². The molecule has 0 N–H and O–H groups in total. The van der Waals surface area contributed by atoms with E-state index in [0.717, 1.165) is 6.54 Å². The van der Waals surface area contributed by atoms with Crippen molar-refractivity contribution in [2.45, 2.75) is 52.6 Å². The molecule has 2 nitrogen and oxygen atoms in total. The van der Waals surface area contributed by atoms with Crippen LogP contribution in [0.1, 0.15) is 40.5 Å². The molecule has 0 amide bonds. The Morgan fingerprint density at radius 1 is 1.38 bits per heavy atom. The second-order valence-electron chi connectivity index (χ2n) is 4.29. The van der Waals surface area contributed by atoms with Crippen LogP contribution in [0.4, 0.5) is 0 Å². The molecule has 1 saturated carbocycles. The number of rotatable bonds is 5. The molecular weight excluding hydrogens is 162 g/mol. The molecule has 1 rings (SSSR count). The first-order valence-corrected chi connectivity index (χ1v) is 5.37. The molecule has 0 aromatic rings. The van der Waals surface area contributed by atoms with Crippen molar-refractivity contribution in [3.63, 3.8) is 0 Å². The summed E-state index contributed by atoms with van der Waals surface area (Å²) >= 11 is 0. The molecule has 1 fully saturated rings. The predicted octanol–water partition coefficient (Wildman–Crippen LogP) is 2.08. The number of Topliss-reactive ketones (excluding diaryl/α,β-unsaturated/α-hetero) is 1. The molecule has 76 valence electrons. The number of carbonyl (C=O) groups is 1. The molecule has 0 unspecified atom stereocenters. The summed E-state index contributed by atoms with van der Waals surface area (Å²) in [5.41, 5.74) is 0. The van der Waals surface area contributed by atoms with Crippen LogP contribution in [0.3, 0.4) is 0 Å². The fraction of sp³-hybridized carbons (Fsp3) is 0.909. The van der Waals surface area contributed by atoms with Crippen LogP contribution in [0.15, 0.2) is 0 Å². The molecule has 0 aliphatic heterocycles. The Balaban J connectivity index is 2.52. The van der Waals surface area contributed by atoms with Gasteiger partial charge < -0.3 is 0 Å². The van der Waals surface area contributed by atoms with Crippen molar-refractivity contribution in [2.75, 3.05) is 6.54 Å². The summed E-state index contributed by atoms with van der Waals surface area (Å²) in [6.07, 6.45) is 2.56. The number of ketones is 1. The van der Waals surface area contributed by atoms with Gasteiger partial charge in [-0.2, -0.15) is 0 Å². The van der Waals surface area contributed by atoms with Gasteiger partial charge in [-0.25, -0.2) is 0 Å². The molecule has 0 saturated heterocycles. The molecule has 0 aromatic heterocycles. The lowest BCUT2D eigenvalue weighted by Crippen LogP contribution is -2.42. The fourth-order valence-electron chi connectivity index (χ4n) is 1.90. The van der Waals surface area contributed by atoms with Crippen molar-refractivity contribution in [1.82, 2.24) is 4.90 Å². The largest absolute Gasteiger partial charge is 0.298 e. The SMILES string of the molecule is CCN(C1CC1)[C@H](C)C(=O)C(C)C. The van der Waals surface area contributed by atoms with Crippen LogP contribution in [0.25, 0.3) is 0 Å². The maximum absolute atomic E-state index is 11.7. The van der Waals surface area contributed by atoms with Crippen LogP contribution in [-0.4, -0.2) is 29.3 Å². The molecule has 0 bridgehead atoms. The predicted molar refractivity (Wildman–Crippen MR) is 54.7 cm³/mol. The second kappa shape index (κ2) is 4.23. The quantitative estimate of drug-likeness (QED) is 0.650. The van der Waals surface area contributed by atoms with Crippen molar-refractivity contribution >= 4 is 5.78 Å². The third kappa shape index (κ3) is 2.53. The number of hydrogen-bond donors (Lipinski definition) is 0. The molecular formula is C11H21NO. The number of hydrogen-bond acceptors (Lipinski definition) is 2. The smallest absolute Gasteiger partial charge is 0.152 e. The molecule has 0 heterocycles. The van der Waals surface area contributed by atoms with E-state index < -0.39 is 0 Å². The Labute approximate surface area is 81.3 Å². The minimum absolute atomic E-state index is 0.123. The van der Waals surface area contributed by atoms with Crippen LogP contribution < -0.4 is 0 Å². The highest BCUT2D eigenvalue weighted by Gasteiger charge is 2.34. The number of likely N-dealkylation sites (N-methyl/N-ethyl adjacent to an activating group) is 1. The van der Waals surface area contributed by atoms with Gasteiger partial charge in [0.1, 0.15) is 0 Å². The molecule has 0 spiro atoms. The van der Waals surface area contributed by atoms with Crippen molar-refractivity contribution in [2.24, 2.45) is 5.92 Å². The first kappa shape index (κ1) is 10.7. The third-order valence-corrected chi connectivity index (χ3v) is 2.86. The zero-order valence-corrected chi connectivity index (χ0v) is 9.21. The van der Waals surface area contributed by atoms with Crippen molar-refractivity contribution in [1.29, 1.82) is 0 Å². The van der Waals surface area contributed by atoms with Crippen LogP contribution in [0.5, 0.6) is 0 Å². The van der Waals surface area contributed by atoms with Crippen LogP contribution >= 0.6 is 0 Å². The molecule has 1 atom stereocenters. The third-order valence-electron chi connectivity index (χ3n) is 2.86. The summed E-state index contributed by atoms with van der Waals surface area (Å²) in [6, 6.07) is 0.820. The molecule has 13 heavy (non-hydrogen) atoms. The van der Waals surface area contributed by atoms with E-state index in [9.17, 15) is 4.79 Å². The first-order valence-electron chi connectivity index (χ1n) is 5.37. The van der Waals surface area contributed by atoms with Gasteiger partial charge in [0.15, 0.2) is 5.78 Å². The van der Waals surface area contributed by atoms with E-state index in [1.54, 1.807) is 0 Å². The lowest BCUT2D eigenvalue weighted by Gasteiger charge is -2.27. The average molecular weight is 183 g/mol. The lowest BCUT2D eigenvalue weighted by molar-refractivity contribution is -0.126. The van der Waals surface area contributed by atoms with Gasteiger partial charge in [-0.05, 0) is 26.3 Å². The first-order chi connectivity index (χ1) is 6.07. The fourth-order valence-corrected chi connectivity index (χ4v) is 1.90. The maximum atomic E-state index is 11.7. The molecule has 1 aliphatic rings. The highest BCUT2D eigenvalue weighted by Crippen LogP contribution is 2.28. The van der Waals surface area contributed by atoms with Gasteiger partial charge in [-0.15, -0.1) is 0 Å². The Morgan fingerprint density at radius 2 is 1.92 bits per heavy atom. The van der Waals surface area contributed by atoms with E-state index in [0.29, 0.717) is 11.8 Å². The molecule has 1 aliphatic carbocycles. The average Bonchev–Trinajstić information content (AvgIpc) is 2.88. The zero-order valence-electron chi connectivity index (χ0n) is 9.21. The summed E-state index contributed by atoms with van der Waals surface area (Å²) in [7, 11) is 0. The highest BCUT2D eigenvalue weighted by molar-refractivity contribution is 5.85. The molecule has 2 heteroatoms. The standard InChI is InChI=1S/C11H21NO/c1-5-12(10-6-7-10)9(4)11(13)8(2)3/h8-10H,5-7H2,1-4H3/t9-/m1/s1. The Morgan fingerprint density at radius 3 is 2.23 bits per heavy atom. The van der Waals surface area contributed by atoms with Gasteiger partial charge in [-0.3, -0.25) is 9.69 Å². The van der Waals surface area contributed by atoms with E-state index in [1.807, 2.05) is 20.8 Å². The van der Waals surface area contributed by atoms with E-state index in [2.05, 4.69) is 11.8 Å². The lowest BCUT2D eigenvalue weighted by atomic mass is 10.0. The van der Waals surface area contributed by atoms with Crippen LogP contribution in [0.2, 0.25) is 0 Å². The van der Waals surface area contributed by atoms with Crippen molar-refractivity contribution < 1.29 is 4.79 Å². The van der Waals surface area contributed by atoms with Gasteiger partial charge in [0.05, 0.1) is 6.04 Å². The summed E-state index contributed by atoms with van der Waals surface area (Å²) in [4.78, 5) is 14.1. The van der Waals surface area contributed by atoms with Gasteiger partial charge in [-0.1, -0.05) is 20.8 Å². The molecule has 0 aromatic carbocycles. The van der Waals surface area contributed by atoms with Gasteiger partial charge in [0.25, 0.3) is 0 Å². The van der Waals surface area contributed by atoms with Gasteiger partial charge >= 0.3 is 0 Å². The summed E-state index contributed by atoms with van der Waals surface area (Å²) < 4.78 is 0. The maximum Gasteiger partial charge on any atom is 0.152 e. The van der Waals surface area contributed by atoms with E-state index in [4.69, 9.17) is 0 Å². The van der Waals surface area contributed by atoms with Crippen LogP contribution in [0, 0.1) is 5.92 Å². The Kier molecular flexibility index (Phi) is 3.48. The monoisotopic (exact) mass is 183 g/mol. The summed E-state index contributed by atoms with van der Waals surface area (Å²) in [5.74, 6) is 0.552. The van der Waals surface area contributed by atoms with Crippen molar-refractivity contribution in [3.8, 4) is 0 Å². The van der Waals surface area contributed by atoms with Crippen LogP contribution in [-0.2, 0) is 4.79 Å². The Bertz CT molecular complexity index is 185. The minimum atomic E-state index is 0.123. The topological polar surface area (TPSA) is 20.3 Å². The zero-order chi connectivity index (χ0) is 10.0. The summed E-state index contributed by atoms with van der Waals surface area (Å²) in [5, 5.41) is 0. The summed E-state index contributed by atoms with van der Waals surface area (Å²) in [6.45, 7) is 9.16. The van der Waals surface area contributed by atoms with E-state index >= 15 is 0 Å². The Hall–Kier alpha value is -0.370. The molecule has 0 radical (unpaired) electrons. The van der Waals surface area contributed by atoms with Gasteiger partial charge in [0.2, 0.25) is 0 Å². The van der Waals surface area contributed by atoms with Crippen molar-refractivity contribution in [3.05, 3.63) is 0 Å².